The highest BCUT2D eigenvalue weighted by Gasteiger charge is 2.17. The fraction of sp³-hybridized carbons (Fsp3) is 0.273. The van der Waals surface area contributed by atoms with Gasteiger partial charge in [0.15, 0.2) is 5.82 Å². The van der Waals surface area contributed by atoms with Crippen LogP contribution >= 0.6 is 0 Å². The van der Waals surface area contributed by atoms with Crippen molar-refractivity contribution < 1.29 is 12.9 Å². The molecule has 8 nitrogen and oxygen atoms in total. The van der Waals surface area contributed by atoms with Gasteiger partial charge in [0.05, 0.1) is 5.69 Å². The largest absolute Gasteiger partial charge is 0.399 e. The van der Waals surface area contributed by atoms with Gasteiger partial charge in [0.2, 0.25) is 16.4 Å². The van der Waals surface area contributed by atoms with Gasteiger partial charge in [-0.15, -0.1) is 0 Å². The molecule has 0 spiro atoms. The van der Waals surface area contributed by atoms with E-state index in [-0.39, 0.29) is 4.90 Å². The summed E-state index contributed by atoms with van der Waals surface area (Å²) in [4.78, 5) is 3.99. The lowest BCUT2D eigenvalue weighted by Crippen LogP contribution is -2.21. The second kappa shape index (κ2) is 5.88. The van der Waals surface area contributed by atoms with Gasteiger partial charge in [0, 0.05) is 18.7 Å². The standard InChI is InChI=1S/C11H15N5O3S/c1-13-20(17,18)10-6-8(12)2-3-9(10)14-5-4-11-15-7-19-16-11/h2-3,6-7,13-14H,4-5,12H2,1H3. The molecule has 0 saturated carbocycles. The van der Waals surface area contributed by atoms with E-state index in [0.717, 1.165) is 0 Å². The summed E-state index contributed by atoms with van der Waals surface area (Å²) in [5.74, 6) is 0.547. The lowest BCUT2D eigenvalue weighted by molar-refractivity contribution is 0.410. The Labute approximate surface area is 116 Å². The Morgan fingerprint density at radius 3 is 2.85 bits per heavy atom. The maximum atomic E-state index is 11.9. The van der Waals surface area contributed by atoms with Gasteiger partial charge >= 0.3 is 0 Å². The number of rotatable bonds is 6. The number of sulfonamides is 1. The summed E-state index contributed by atoms with van der Waals surface area (Å²) in [5.41, 5.74) is 6.48. The Balaban J connectivity index is 2.15. The first kappa shape index (κ1) is 14.3. The molecule has 4 N–H and O–H groups in total. The molecule has 9 heteroatoms. The van der Waals surface area contributed by atoms with E-state index in [1.165, 1.54) is 19.5 Å². The fourth-order valence-electron chi connectivity index (χ4n) is 1.63. The van der Waals surface area contributed by atoms with E-state index in [9.17, 15) is 8.42 Å². The van der Waals surface area contributed by atoms with Gasteiger partial charge in [0.25, 0.3) is 0 Å². The molecule has 0 bridgehead atoms. The molecule has 0 fully saturated rings. The molecule has 0 atom stereocenters. The average Bonchev–Trinajstić information content (AvgIpc) is 2.93. The van der Waals surface area contributed by atoms with Crippen molar-refractivity contribution in [3.63, 3.8) is 0 Å². The van der Waals surface area contributed by atoms with Crippen molar-refractivity contribution in [2.24, 2.45) is 0 Å². The van der Waals surface area contributed by atoms with Crippen molar-refractivity contribution in [3.05, 3.63) is 30.4 Å². The van der Waals surface area contributed by atoms with Crippen molar-refractivity contribution in [1.82, 2.24) is 14.9 Å². The normalized spacial score (nSPS) is 11.4. The first-order chi connectivity index (χ1) is 9.53. The van der Waals surface area contributed by atoms with E-state index in [1.807, 2.05) is 0 Å². The van der Waals surface area contributed by atoms with Crippen LogP contribution in [0.5, 0.6) is 0 Å². The summed E-state index contributed by atoms with van der Waals surface area (Å²) >= 11 is 0. The number of benzene rings is 1. The zero-order valence-electron chi connectivity index (χ0n) is 10.8. The zero-order chi connectivity index (χ0) is 14.6. The maximum Gasteiger partial charge on any atom is 0.242 e. The highest BCUT2D eigenvalue weighted by molar-refractivity contribution is 7.89. The van der Waals surface area contributed by atoms with Crippen LogP contribution < -0.4 is 15.8 Å². The number of nitrogens with zero attached hydrogens (tertiary/aromatic N) is 2. The number of hydrogen-bond donors (Lipinski definition) is 3. The summed E-state index contributed by atoms with van der Waals surface area (Å²) in [6.45, 7) is 0.468. The number of nitrogens with two attached hydrogens (primary N) is 1. The minimum Gasteiger partial charge on any atom is -0.399 e. The molecule has 0 aliphatic rings. The number of nitrogen functional groups attached to an aromatic ring is 1. The lowest BCUT2D eigenvalue weighted by atomic mass is 10.2. The van der Waals surface area contributed by atoms with Gasteiger partial charge in [-0.3, -0.25) is 0 Å². The molecule has 0 saturated heterocycles. The highest BCUT2D eigenvalue weighted by Crippen LogP contribution is 2.23. The molecule has 2 rings (SSSR count). The smallest absolute Gasteiger partial charge is 0.242 e. The topological polar surface area (TPSA) is 123 Å². The third kappa shape index (κ3) is 3.25. The van der Waals surface area contributed by atoms with Gasteiger partial charge in [0.1, 0.15) is 4.90 Å². The monoisotopic (exact) mass is 297 g/mol. The van der Waals surface area contributed by atoms with Crippen LogP contribution in [0.1, 0.15) is 5.82 Å². The molecule has 0 radical (unpaired) electrons. The van der Waals surface area contributed by atoms with E-state index in [1.54, 1.807) is 12.1 Å². The van der Waals surface area contributed by atoms with Crippen molar-refractivity contribution in [2.45, 2.75) is 11.3 Å². The quantitative estimate of drug-likeness (QED) is 0.651. The van der Waals surface area contributed by atoms with Crippen molar-refractivity contribution in [3.8, 4) is 0 Å². The molecule has 1 heterocycles. The summed E-state index contributed by atoms with van der Waals surface area (Å²) in [6.07, 6.45) is 1.76. The number of hydrogen-bond acceptors (Lipinski definition) is 7. The van der Waals surface area contributed by atoms with Crippen LogP contribution in [-0.4, -0.2) is 32.2 Å². The first-order valence-corrected chi connectivity index (χ1v) is 7.33. The average molecular weight is 297 g/mol. The molecule has 0 unspecified atom stereocenters. The van der Waals surface area contributed by atoms with Crippen molar-refractivity contribution in [2.75, 3.05) is 24.6 Å². The summed E-state index contributed by atoms with van der Waals surface area (Å²) < 4.78 is 30.7. The Kier molecular flexibility index (Phi) is 4.20. The van der Waals surface area contributed by atoms with Crippen LogP contribution in [0.15, 0.2) is 34.0 Å². The molecule has 108 valence electrons. The lowest BCUT2D eigenvalue weighted by Gasteiger charge is -2.12. The van der Waals surface area contributed by atoms with Gasteiger partial charge in [-0.2, -0.15) is 4.98 Å². The minimum atomic E-state index is -3.58. The van der Waals surface area contributed by atoms with Crippen LogP contribution in [0, 0.1) is 0 Å². The molecule has 2 aromatic rings. The molecular weight excluding hydrogens is 282 g/mol. The minimum absolute atomic E-state index is 0.105. The van der Waals surface area contributed by atoms with Crippen molar-refractivity contribution >= 4 is 21.4 Å². The summed E-state index contributed by atoms with van der Waals surface area (Å²) in [5, 5.41) is 6.69. The second-order valence-electron chi connectivity index (χ2n) is 3.99. The van der Waals surface area contributed by atoms with E-state index in [2.05, 4.69) is 24.7 Å². The fourth-order valence-corrected chi connectivity index (χ4v) is 2.57. The van der Waals surface area contributed by atoms with Crippen LogP contribution in [0.25, 0.3) is 0 Å². The summed E-state index contributed by atoms with van der Waals surface area (Å²) in [6, 6.07) is 4.66. The molecule has 20 heavy (non-hydrogen) atoms. The SMILES string of the molecule is CNS(=O)(=O)c1cc(N)ccc1NCCc1ncon1. The summed E-state index contributed by atoms with van der Waals surface area (Å²) in [7, 11) is -2.23. The molecule has 1 aromatic heterocycles. The Morgan fingerprint density at radius 2 is 2.20 bits per heavy atom. The third-order valence-electron chi connectivity index (χ3n) is 2.63. The third-order valence-corrected chi connectivity index (χ3v) is 4.09. The van der Waals surface area contributed by atoms with Crippen LogP contribution in [-0.2, 0) is 16.4 Å². The molecule has 0 aliphatic carbocycles. The van der Waals surface area contributed by atoms with Crippen molar-refractivity contribution in [1.29, 1.82) is 0 Å². The maximum absolute atomic E-state index is 11.9. The second-order valence-corrected chi connectivity index (χ2v) is 5.84. The Bertz CT molecular complexity index is 669. The van der Waals surface area contributed by atoms with Gasteiger partial charge in [-0.1, -0.05) is 5.16 Å². The number of nitrogens with one attached hydrogen (secondary N) is 2. The van der Waals surface area contributed by atoms with Crippen LogP contribution in [0.4, 0.5) is 11.4 Å². The Morgan fingerprint density at radius 1 is 1.40 bits per heavy atom. The zero-order valence-corrected chi connectivity index (χ0v) is 11.6. The molecular formula is C11H15N5O3S. The number of anilines is 2. The van der Waals surface area contributed by atoms with Crippen LogP contribution in [0.2, 0.25) is 0 Å². The predicted octanol–water partition coefficient (Wildman–Crippen LogP) is 0.214. The van der Waals surface area contributed by atoms with E-state index < -0.39 is 10.0 Å². The molecule has 0 amide bonds. The van der Waals surface area contributed by atoms with Gasteiger partial charge in [-0.05, 0) is 25.2 Å². The Hall–Kier alpha value is -2.13. The van der Waals surface area contributed by atoms with Crippen LogP contribution in [0.3, 0.4) is 0 Å². The highest BCUT2D eigenvalue weighted by atomic mass is 32.2. The van der Waals surface area contributed by atoms with E-state index in [0.29, 0.717) is 30.2 Å². The van der Waals surface area contributed by atoms with E-state index in [4.69, 9.17) is 5.73 Å². The van der Waals surface area contributed by atoms with Gasteiger partial charge in [-0.25, -0.2) is 13.1 Å². The number of aromatic nitrogens is 2. The van der Waals surface area contributed by atoms with E-state index >= 15 is 0 Å². The first-order valence-electron chi connectivity index (χ1n) is 5.85. The van der Waals surface area contributed by atoms with Gasteiger partial charge < -0.3 is 15.6 Å². The molecule has 1 aromatic carbocycles. The predicted molar refractivity (Wildman–Crippen MR) is 73.6 cm³/mol. The molecule has 0 aliphatic heterocycles.